The Hall–Kier alpha value is -1.61. The van der Waals surface area contributed by atoms with Crippen molar-refractivity contribution >= 4 is 27.5 Å². The number of aryl methyl sites for hydroxylation is 2. The second-order valence-electron chi connectivity index (χ2n) is 4.59. The Morgan fingerprint density at radius 3 is 2.15 bits per heavy atom. The van der Waals surface area contributed by atoms with Gasteiger partial charge in [0.05, 0.1) is 5.56 Å². The van der Waals surface area contributed by atoms with Gasteiger partial charge in [0, 0.05) is 10.2 Å². The van der Waals surface area contributed by atoms with Crippen LogP contribution in [0.2, 0.25) is 0 Å². The Morgan fingerprint density at radius 1 is 1.00 bits per heavy atom. The number of carbonyl (C=O) groups excluding carboxylic acids is 1. The predicted octanol–water partition coefficient (Wildman–Crippen LogP) is 4.83. The van der Waals surface area contributed by atoms with Crippen molar-refractivity contribution < 1.29 is 4.79 Å². The van der Waals surface area contributed by atoms with Gasteiger partial charge in [-0.2, -0.15) is 0 Å². The van der Waals surface area contributed by atoms with E-state index in [0.717, 1.165) is 23.0 Å². The minimum atomic E-state index is -0.0759. The number of hydrogen-bond acceptors (Lipinski definition) is 1. The Balaban J connectivity index is 2.35. The molecule has 3 heteroatoms. The van der Waals surface area contributed by atoms with Crippen molar-refractivity contribution in [1.29, 1.82) is 0 Å². The minimum Gasteiger partial charge on any atom is -0.321 e. The molecule has 104 valence electrons. The number of rotatable bonds is 4. The second kappa shape index (κ2) is 6.71. The summed E-state index contributed by atoms with van der Waals surface area (Å²) in [5.74, 6) is -0.0759. The third kappa shape index (κ3) is 3.10. The van der Waals surface area contributed by atoms with Crippen molar-refractivity contribution in [3.63, 3.8) is 0 Å². The molecule has 0 atom stereocenters. The van der Waals surface area contributed by atoms with E-state index in [9.17, 15) is 4.79 Å². The number of anilines is 1. The lowest BCUT2D eigenvalue weighted by Crippen LogP contribution is -2.15. The van der Waals surface area contributed by atoms with Crippen LogP contribution in [0.4, 0.5) is 5.69 Å². The van der Waals surface area contributed by atoms with E-state index in [2.05, 4.69) is 47.2 Å². The van der Waals surface area contributed by atoms with E-state index in [1.807, 2.05) is 30.3 Å². The zero-order valence-electron chi connectivity index (χ0n) is 11.7. The average Bonchev–Trinajstić information content (AvgIpc) is 2.47. The molecule has 0 fully saturated rings. The van der Waals surface area contributed by atoms with E-state index in [-0.39, 0.29) is 5.91 Å². The highest BCUT2D eigenvalue weighted by Crippen LogP contribution is 2.24. The van der Waals surface area contributed by atoms with Gasteiger partial charge in [0.2, 0.25) is 0 Å². The van der Waals surface area contributed by atoms with Crippen LogP contribution in [0, 0.1) is 0 Å². The van der Waals surface area contributed by atoms with Crippen LogP contribution < -0.4 is 5.32 Å². The number of halogens is 1. The minimum absolute atomic E-state index is 0.0759. The molecule has 0 bridgehead atoms. The Morgan fingerprint density at radius 2 is 1.60 bits per heavy atom. The maximum absolute atomic E-state index is 12.4. The summed E-state index contributed by atoms with van der Waals surface area (Å²) < 4.78 is 0.810. The molecular weight excluding hydrogens is 314 g/mol. The molecule has 0 saturated heterocycles. The molecule has 2 rings (SSSR count). The first-order valence-electron chi connectivity index (χ1n) is 6.84. The van der Waals surface area contributed by atoms with E-state index in [1.165, 1.54) is 11.1 Å². The summed E-state index contributed by atoms with van der Waals surface area (Å²) in [6.45, 7) is 4.20. The average molecular weight is 332 g/mol. The monoisotopic (exact) mass is 331 g/mol. The molecule has 0 spiro atoms. The van der Waals surface area contributed by atoms with E-state index in [4.69, 9.17) is 0 Å². The van der Waals surface area contributed by atoms with Crippen LogP contribution >= 0.6 is 15.9 Å². The van der Waals surface area contributed by atoms with Gasteiger partial charge in [-0.25, -0.2) is 0 Å². The number of benzene rings is 2. The van der Waals surface area contributed by atoms with Gasteiger partial charge in [-0.05, 0) is 52.0 Å². The van der Waals surface area contributed by atoms with Crippen LogP contribution in [0.3, 0.4) is 0 Å². The molecular formula is C17H18BrNO. The van der Waals surface area contributed by atoms with Gasteiger partial charge < -0.3 is 5.32 Å². The molecule has 0 aliphatic heterocycles. The molecule has 1 N–H and O–H groups in total. The Labute approximate surface area is 128 Å². The number of nitrogens with one attached hydrogen (secondary N) is 1. The molecule has 0 aromatic heterocycles. The van der Waals surface area contributed by atoms with Crippen LogP contribution in [0.1, 0.15) is 35.3 Å². The molecule has 2 nitrogen and oxygen atoms in total. The molecule has 2 aromatic carbocycles. The summed E-state index contributed by atoms with van der Waals surface area (Å²) in [6.07, 6.45) is 1.80. The number of carbonyl (C=O) groups is 1. The summed E-state index contributed by atoms with van der Waals surface area (Å²) in [5.41, 5.74) is 3.95. The largest absolute Gasteiger partial charge is 0.321 e. The smallest absolute Gasteiger partial charge is 0.256 e. The molecule has 0 saturated carbocycles. The molecule has 20 heavy (non-hydrogen) atoms. The number of amides is 1. The predicted molar refractivity (Wildman–Crippen MR) is 87.3 cm³/mol. The Kier molecular flexibility index (Phi) is 4.96. The van der Waals surface area contributed by atoms with Gasteiger partial charge in [0.15, 0.2) is 0 Å². The molecule has 0 radical (unpaired) electrons. The highest BCUT2D eigenvalue weighted by molar-refractivity contribution is 9.10. The van der Waals surface area contributed by atoms with Crippen molar-refractivity contribution in [2.45, 2.75) is 26.7 Å². The standard InChI is InChI=1S/C17H18BrNO/c1-3-12-8-7-9-13(4-2)16(12)19-17(20)14-10-5-6-11-15(14)18/h5-11H,3-4H2,1-2H3,(H,19,20). The molecule has 0 unspecified atom stereocenters. The van der Waals surface area contributed by atoms with Crippen molar-refractivity contribution in [3.05, 3.63) is 63.6 Å². The third-order valence-corrected chi connectivity index (χ3v) is 4.05. The fraction of sp³-hybridized carbons (Fsp3) is 0.235. The molecule has 0 heterocycles. The first-order valence-corrected chi connectivity index (χ1v) is 7.63. The topological polar surface area (TPSA) is 29.1 Å². The van der Waals surface area contributed by atoms with E-state index in [0.29, 0.717) is 5.56 Å². The number of para-hydroxylation sites is 1. The van der Waals surface area contributed by atoms with Crippen molar-refractivity contribution in [2.75, 3.05) is 5.32 Å². The molecule has 2 aromatic rings. The lowest BCUT2D eigenvalue weighted by Gasteiger charge is -2.15. The van der Waals surface area contributed by atoms with Crippen molar-refractivity contribution in [3.8, 4) is 0 Å². The quantitative estimate of drug-likeness (QED) is 0.854. The van der Waals surface area contributed by atoms with Crippen LogP contribution in [0.5, 0.6) is 0 Å². The van der Waals surface area contributed by atoms with Gasteiger partial charge in [-0.1, -0.05) is 44.2 Å². The molecule has 0 aliphatic carbocycles. The second-order valence-corrected chi connectivity index (χ2v) is 5.45. The summed E-state index contributed by atoms with van der Waals surface area (Å²) in [4.78, 5) is 12.4. The Bertz CT molecular complexity index is 600. The lowest BCUT2D eigenvalue weighted by atomic mass is 10.0. The third-order valence-electron chi connectivity index (χ3n) is 3.36. The normalized spacial score (nSPS) is 10.3. The SMILES string of the molecule is CCc1cccc(CC)c1NC(=O)c1ccccc1Br. The van der Waals surface area contributed by atoms with E-state index >= 15 is 0 Å². The maximum Gasteiger partial charge on any atom is 0.256 e. The summed E-state index contributed by atoms with van der Waals surface area (Å²) >= 11 is 3.42. The van der Waals surface area contributed by atoms with Crippen molar-refractivity contribution in [2.24, 2.45) is 0 Å². The molecule has 0 aliphatic rings. The van der Waals surface area contributed by atoms with Gasteiger partial charge in [0.1, 0.15) is 0 Å². The van der Waals surface area contributed by atoms with Crippen molar-refractivity contribution in [1.82, 2.24) is 0 Å². The maximum atomic E-state index is 12.4. The fourth-order valence-corrected chi connectivity index (χ4v) is 2.69. The highest BCUT2D eigenvalue weighted by atomic mass is 79.9. The number of hydrogen-bond donors (Lipinski definition) is 1. The lowest BCUT2D eigenvalue weighted by molar-refractivity contribution is 0.102. The summed E-state index contributed by atoms with van der Waals surface area (Å²) in [6, 6.07) is 13.6. The van der Waals surface area contributed by atoms with Gasteiger partial charge in [-0.3, -0.25) is 4.79 Å². The summed E-state index contributed by atoms with van der Waals surface area (Å²) in [5, 5.41) is 3.07. The van der Waals surface area contributed by atoms with Crippen LogP contribution in [-0.4, -0.2) is 5.91 Å². The van der Waals surface area contributed by atoms with E-state index in [1.54, 1.807) is 0 Å². The zero-order chi connectivity index (χ0) is 14.5. The highest BCUT2D eigenvalue weighted by Gasteiger charge is 2.13. The van der Waals surface area contributed by atoms with Crippen LogP contribution in [0.15, 0.2) is 46.9 Å². The van der Waals surface area contributed by atoms with Crippen LogP contribution in [0.25, 0.3) is 0 Å². The first kappa shape index (κ1) is 14.8. The first-order chi connectivity index (χ1) is 9.67. The molecule has 1 amide bonds. The van der Waals surface area contributed by atoms with E-state index < -0.39 is 0 Å². The zero-order valence-corrected chi connectivity index (χ0v) is 13.3. The van der Waals surface area contributed by atoms with Crippen LogP contribution in [-0.2, 0) is 12.8 Å². The van der Waals surface area contributed by atoms with Gasteiger partial charge in [0.25, 0.3) is 5.91 Å². The summed E-state index contributed by atoms with van der Waals surface area (Å²) in [7, 11) is 0. The van der Waals surface area contributed by atoms with Gasteiger partial charge >= 0.3 is 0 Å². The fourth-order valence-electron chi connectivity index (χ4n) is 2.23. The van der Waals surface area contributed by atoms with Gasteiger partial charge in [-0.15, -0.1) is 0 Å².